The van der Waals surface area contributed by atoms with Gasteiger partial charge in [-0.3, -0.25) is 0 Å². The monoisotopic (exact) mass is 341 g/mol. The van der Waals surface area contributed by atoms with Crippen LogP contribution in [0, 0.1) is 6.92 Å². The number of rotatable bonds is 3. The molecule has 0 saturated carbocycles. The smallest absolute Gasteiger partial charge is 0.322 e. The van der Waals surface area contributed by atoms with Gasteiger partial charge in [0.1, 0.15) is 0 Å². The van der Waals surface area contributed by atoms with Crippen molar-refractivity contribution in [2.24, 2.45) is 0 Å². The van der Waals surface area contributed by atoms with E-state index in [1.165, 1.54) is 0 Å². The molecular weight excluding hydrogens is 322 g/mol. The van der Waals surface area contributed by atoms with Gasteiger partial charge < -0.3 is 15.0 Å². The molecule has 0 spiro atoms. The van der Waals surface area contributed by atoms with Crippen LogP contribution in [0.4, 0.5) is 10.5 Å². The molecule has 0 bridgehead atoms. The summed E-state index contributed by atoms with van der Waals surface area (Å²) in [6.07, 6.45) is 4.80. The summed E-state index contributed by atoms with van der Waals surface area (Å²) in [5, 5.41) is 2.95. The summed E-state index contributed by atoms with van der Waals surface area (Å²) in [5.41, 5.74) is 1.63. The Hall–Kier alpha value is -1.30. The molecule has 1 aliphatic rings. The minimum Gasteiger partial charge on any atom is -0.480 e. The maximum atomic E-state index is 12.3. The maximum Gasteiger partial charge on any atom is 0.322 e. The minimum atomic E-state index is -0.0451. The number of ether oxygens (including phenoxy) is 1. The van der Waals surface area contributed by atoms with Gasteiger partial charge in [-0.05, 0) is 47.7 Å². The molecule has 1 fully saturated rings. The minimum absolute atomic E-state index is 0.0451. The number of hydrogen-bond acceptors (Lipinski definition) is 3. The predicted molar refractivity (Wildman–Crippen MR) is 82.3 cm³/mol. The Kier molecular flexibility index (Phi) is 4.86. The third-order valence-electron chi connectivity index (χ3n) is 3.78. The quantitative estimate of drug-likeness (QED) is 0.914. The van der Waals surface area contributed by atoms with Gasteiger partial charge in [0.2, 0.25) is 5.88 Å². The molecule has 1 aromatic heterocycles. The molecule has 20 heavy (non-hydrogen) atoms. The molecular formula is C14H20BrN3O2. The van der Waals surface area contributed by atoms with E-state index in [0.717, 1.165) is 35.8 Å². The summed E-state index contributed by atoms with van der Waals surface area (Å²) >= 11 is 3.44. The van der Waals surface area contributed by atoms with Gasteiger partial charge in [0.05, 0.1) is 23.5 Å². The molecule has 1 saturated heterocycles. The number of nitrogens with one attached hydrogen (secondary N) is 1. The molecule has 5 nitrogen and oxygen atoms in total. The summed E-state index contributed by atoms with van der Waals surface area (Å²) < 4.78 is 5.91. The molecule has 110 valence electrons. The fourth-order valence-electron chi connectivity index (χ4n) is 2.54. The molecule has 1 aliphatic heterocycles. The zero-order valence-electron chi connectivity index (χ0n) is 12.1. The van der Waals surface area contributed by atoms with Gasteiger partial charge in [0.25, 0.3) is 0 Å². The molecule has 1 N–H and O–H groups in total. The number of urea groups is 1. The van der Waals surface area contributed by atoms with E-state index in [4.69, 9.17) is 4.74 Å². The number of amides is 2. The summed E-state index contributed by atoms with van der Waals surface area (Å²) in [6.45, 7) is 4.87. The number of likely N-dealkylation sites (tertiary alicyclic amines) is 1. The molecule has 0 aromatic carbocycles. The fourth-order valence-corrected chi connectivity index (χ4v) is 3.02. The Bertz CT molecular complexity index is 507. The van der Waals surface area contributed by atoms with Crippen molar-refractivity contribution < 1.29 is 9.53 Å². The highest BCUT2D eigenvalue weighted by atomic mass is 79.9. The van der Waals surface area contributed by atoms with E-state index in [2.05, 4.69) is 33.2 Å². The third-order valence-corrected chi connectivity index (χ3v) is 4.71. The van der Waals surface area contributed by atoms with Crippen molar-refractivity contribution in [3.8, 4) is 5.88 Å². The highest BCUT2D eigenvalue weighted by molar-refractivity contribution is 9.10. The Labute approximate surface area is 127 Å². The first-order valence-electron chi connectivity index (χ1n) is 6.85. The lowest BCUT2D eigenvalue weighted by atomic mass is 10.2. The van der Waals surface area contributed by atoms with Crippen molar-refractivity contribution >= 4 is 27.6 Å². The van der Waals surface area contributed by atoms with Crippen molar-refractivity contribution in [1.82, 2.24) is 9.88 Å². The first-order chi connectivity index (χ1) is 9.58. The molecule has 6 heteroatoms. The van der Waals surface area contributed by atoms with Gasteiger partial charge in [-0.15, -0.1) is 0 Å². The molecule has 1 unspecified atom stereocenters. The second kappa shape index (κ2) is 6.43. The molecule has 0 radical (unpaired) electrons. The highest BCUT2D eigenvalue weighted by Gasteiger charge is 2.27. The Morgan fingerprint density at radius 3 is 3.05 bits per heavy atom. The van der Waals surface area contributed by atoms with Gasteiger partial charge in [-0.25, -0.2) is 9.78 Å². The van der Waals surface area contributed by atoms with Gasteiger partial charge in [-0.2, -0.15) is 0 Å². The van der Waals surface area contributed by atoms with Gasteiger partial charge in [0.15, 0.2) is 0 Å². The van der Waals surface area contributed by atoms with E-state index >= 15 is 0 Å². The topological polar surface area (TPSA) is 54.5 Å². The molecule has 2 rings (SSSR count). The molecule has 0 aliphatic carbocycles. The predicted octanol–water partition coefficient (Wildman–Crippen LogP) is 3.57. The molecule has 2 heterocycles. The largest absolute Gasteiger partial charge is 0.480 e. The van der Waals surface area contributed by atoms with Crippen LogP contribution in [0.3, 0.4) is 0 Å². The Morgan fingerprint density at radius 1 is 1.65 bits per heavy atom. The standard InChI is InChI=1S/C14H20BrN3O2/c1-4-10-6-5-7-18(10)14(19)17-11-8-16-13(20-3)12(15)9(11)2/h8,10H,4-7H2,1-3H3,(H,17,19). The molecule has 1 aromatic rings. The van der Waals surface area contributed by atoms with E-state index in [9.17, 15) is 4.79 Å². The lowest BCUT2D eigenvalue weighted by Crippen LogP contribution is -2.38. The van der Waals surface area contributed by atoms with Crippen LogP contribution in [-0.2, 0) is 0 Å². The number of halogens is 1. The van der Waals surface area contributed by atoms with Crippen LogP contribution in [0.2, 0.25) is 0 Å². The van der Waals surface area contributed by atoms with Crippen molar-refractivity contribution in [2.75, 3.05) is 19.0 Å². The van der Waals surface area contributed by atoms with Crippen LogP contribution >= 0.6 is 15.9 Å². The van der Waals surface area contributed by atoms with Crippen LogP contribution in [0.15, 0.2) is 10.7 Å². The van der Waals surface area contributed by atoms with Crippen molar-refractivity contribution in [3.63, 3.8) is 0 Å². The van der Waals surface area contributed by atoms with E-state index in [-0.39, 0.29) is 6.03 Å². The lowest BCUT2D eigenvalue weighted by molar-refractivity contribution is 0.205. The number of hydrogen-bond donors (Lipinski definition) is 1. The summed E-state index contributed by atoms with van der Waals surface area (Å²) in [4.78, 5) is 18.4. The zero-order valence-corrected chi connectivity index (χ0v) is 13.7. The van der Waals surface area contributed by atoms with E-state index in [1.54, 1.807) is 13.3 Å². The Balaban J connectivity index is 2.14. The lowest BCUT2D eigenvalue weighted by Gasteiger charge is -2.24. The highest BCUT2D eigenvalue weighted by Crippen LogP contribution is 2.31. The number of pyridine rings is 1. The third kappa shape index (κ3) is 2.90. The van der Waals surface area contributed by atoms with E-state index < -0.39 is 0 Å². The van der Waals surface area contributed by atoms with Gasteiger partial charge in [-0.1, -0.05) is 6.92 Å². The maximum absolute atomic E-state index is 12.3. The number of methoxy groups -OCH3 is 1. The van der Waals surface area contributed by atoms with Crippen molar-refractivity contribution in [2.45, 2.75) is 39.2 Å². The van der Waals surface area contributed by atoms with Crippen LogP contribution in [0.1, 0.15) is 31.7 Å². The summed E-state index contributed by atoms with van der Waals surface area (Å²) in [5.74, 6) is 0.521. The van der Waals surface area contributed by atoms with Crippen LogP contribution < -0.4 is 10.1 Å². The van der Waals surface area contributed by atoms with Crippen LogP contribution in [0.25, 0.3) is 0 Å². The fraction of sp³-hybridized carbons (Fsp3) is 0.571. The second-order valence-corrected chi connectivity index (χ2v) is 5.74. The van der Waals surface area contributed by atoms with E-state index in [0.29, 0.717) is 17.6 Å². The number of anilines is 1. The van der Waals surface area contributed by atoms with E-state index in [1.807, 2.05) is 11.8 Å². The van der Waals surface area contributed by atoms with Gasteiger partial charge in [0, 0.05) is 12.6 Å². The van der Waals surface area contributed by atoms with Crippen LogP contribution in [-0.4, -0.2) is 35.6 Å². The number of nitrogens with zero attached hydrogens (tertiary/aromatic N) is 2. The normalized spacial score (nSPS) is 18.2. The molecule has 1 atom stereocenters. The number of carbonyl (C=O) groups is 1. The Morgan fingerprint density at radius 2 is 2.40 bits per heavy atom. The SMILES string of the molecule is CCC1CCCN1C(=O)Nc1cnc(OC)c(Br)c1C. The second-order valence-electron chi connectivity index (χ2n) is 4.95. The van der Waals surface area contributed by atoms with Crippen molar-refractivity contribution in [1.29, 1.82) is 0 Å². The first-order valence-corrected chi connectivity index (χ1v) is 7.64. The first kappa shape index (κ1) is 15.1. The summed E-state index contributed by atoms with van der Waals surface area (Å²) in [7, 11) is 1.57. The van der Waals surface area contributed by atoms with Crippen molar-refractivity contribution in [3.05, 3.63) is 16.2 Å². The van der Waals surface area contributed by atoms with Crippen LogP contribution in [0.5, 0.6) is 5.88 Å². The molecule has 2 amide bonds. The number of carbonyl (C=O) groups excluding carboxylic acids is 1. The average Bonchev–Trinajstić information content (AvgIpc) is 2.92. The van der Waals surface area contributed by atoms with Gasteiger partial charge >= 0.3 is 6.03 Å². The number of aromatic nitrogens is 1. The average molecular weight is 342 g/mol. The summed E-state index contributed by atoms with van der Waals surface area (Å²) in [6, 6.07) is 0.307. The zero-order chi connectivity index (χ0) is 14.7.